The SMILES string of the molecule is CC(C)CC(NC(=O)CN)C(=O)NC(CCC(=O)O)C(=O)NC(Cc1cnc[nH]1)C(=O)O. The molecule has 0 aliphatic rings. The largest absolute Gasteiger partial charge is 0.481 e. The number of aliphatic carboxylic acids is 2. The first-order valence-corrected chi connectivity index (χ1v) is 10.1. The van der Waals surface area contributed by atoms with E-state index in [2.05, 4.69) is 25.9 Å². The molecule has 0 radical (unpaired) electrons. The maximum Gasteiger partial charge on any atom is 0.326 e. The van der Waals surface area contributed by atoms with Crippen molar-refractivity contribution >= 4 is 29.7 Å². The third-order valence-corrected chi connectivity index (χ3v) is 4.42. The smallest absolute Gasteiger partial charge is 0.326 e. The zero-order valence-corrected chi connectivity index (χ0v) is 18.0. The second kappa shape index (κ2) is 13.0. The van der Waals surface area contributed by atoms with Crippen LogP contribution in [0.25, 0.3) is 0 Å². The third-order valence-electron chi connectivity index (χ3n) is 4.42. The molecule has 0 aromatic carbocycles. The molecule has 32 heavy (non-hydrogen) atoms. The number of H-pyrrole nitrogens is 1. The van der Waals surface area contributed by atoms with Crippen LogP contribution < -0.4 is 21.7 Å². The van der Waals surface area contributed by atoms with E-state index in [0.29, 0.717) is 5.69 Å². The summed E-state index contributed by atoms with van der Waals surface area (Å²) < 4.78 is 0. The summed E-state index contributed by atoms with van der Waals surface area (Å²) in [6.07, 6.45) is 2.20. The number of carbonyl (C=O) groups excluding carboxylic acids is 3. The number of hydrogen-bond acceptors (Lipinski definition) is 7. The molecule has 1 aromatic rings. The molecule has 3 unspecified atom stereocenters. The molecule has 1 heterocycles. The Labute approximate surface area is 184 Å². The summed E-state index contributed by atoms with van der Waals surface area (Å²) in [7, 11) is 0. The van der Waals surface area contributed by atoms with E-state index in [1.54, 1.807) is 0 Å². The molecule has 0 spiro atoms. The fraction of sp³-hybridized carbons (Fsp3) is 0.579. The average molecular weight is 454 g/mol. The predicted molar refractivity (Wildman–Crippen MR) is 111 cm³/mol. The maximum atomic E-state index is 12.7. The van der Waals surface area contributed by atoms with Gasteiger partial charge in [-0.25, -0.2) is 9.78 Å². The van der Waals surface area contributed by atoms with Crippen LogP contribution in [0.1, 0.15) is 38.8 Å². The fourth-order valence-electron chi connectivity index (χ4n) is 2.85. The molecule has 13 nitrogen and oxygen atoms in total. The van der Waals surface area contributed by atoms with Crippen LogP contribution in [-0.2, 0) is 30.4 Å². The van der Waals surface area contributed by atoms with Gasteiger partial charge in [0.05, 0.1) is 12.9 Å². The van der Waals surface area contributed by atoms with Crippen LogP contribution >= 0.6 is 0 Å². The number of rotatable bonds is 14. The Morgan fingerprint density at radius 1 is 1.03 bits per heavy atom. The molecule has 0 aliphatic carbocycles. The van der Waals surface area contributed by atoms with Crippen LogP contribution in [0.2, 0.25) is 0 Å². The highest BCUT2D eigenvalue weighted by Crippen LogP contribution is 2.08. The second-order valence-corrected chi connectivity index (χ2v) is 7.63. The van der Waals surface area contributed by atoms with E-state index < -0.39 is 54.2 Å². The van der Waals surface area contributed by atoms with Gasteiger partial charge in [0, 0.05) is 24.7 Å². The molecule has 8 N–H and O–H groups in total. The molecule has 1 rings (SSSR count). The van der Waals surface area contributed by atoms with E-state index >= 15 is 0 Å². The summed E-state index contributed by atoms with van der Waals surface area (Å²) >= 11 is 0. The van der Waals surface area contributed by atoms with Gasteiger partial charge in [-0.3, -0.25) is 19.2 Å². The van der Waals surface area contributed by atoms with E-state index in [0.717, 1.165) is 0 Å². The highest BCUT2D eigenvalue weighted by atomic mass is 16.4. The summed E-state index contributed by atoms with van der Waals surface area (Å²) in [6, 6.07) is -3.66. The molecule has 1 aromatic heterocycles. The molecule has 0 aliphatic heterocycles. The third kappa shape index (κ3) is 9.55. The van der Waals surface area contributed by atoms with Crippen molar-refractivity contribution in [2.24, 2.45) is 11.7 Å². The van der Waals surface area contributed by atoms with E-state index in [1.165, 1.54) is 12.5 Å². The first-order chi connectivity index (χ1) is 15.0. The van der Waals surface area contributed by atoms with E-state index in [4.69, 9.17) is 10.8 Å². The number of nitrogens with two attached hydrogens (primary N) is 1. The van der Waals surface area contributed by atoms with Crippen molar-refractivity contribution in [3.63, 3.8) is 0 Å². The Hall–Kier alpha value is -3.48. The minimum atomic E-state index is -1.34. The zero-order chi connectivity index (χ0) is 24.3. The fourth-order valence-corrected chi connectivity index (χ4v) is 2.85. The number of nitrogens with zero attached hydrogens (tertiary/aromatic N) is 1. The molecule has 3 amide bonds. The van der Waals surface area contributed by atoms with Crippen molar-refractivity contribution in [1.82, 2.24) is 25.9 Å². The molecule has 178 valence electrons. The number of aromatic nitrogens is 2. The Bertz CT molecular complexity index is 796. The lowest BCUT2D eigenvalue weighted by molar-refractivity contribution is -0.143. The lowest BCUT2D eigenvalue weighted by atomic mass is 10.0. The maximum absolute atomic E-state index is 12.7. The van der Waals surface area contributed by atoms with E-state index in [1.807, 2.05) is 13.8 Å². The standard InChI is InChI=1S/C19H30N6O7/c1-10(2)5-13(23-15(26)7-20)18(30)24-12(3-4-16(27)28)17(29)25-14(19(31)32)6-11-8-21-9-22-11/h8-10,12-14H,3-7,20H2,1-2H3,(H,21,22)(H,23,26)(H,24,30)(H,25,29)(H,27,28)(H,31,32). The normalized spacial score (nSPS) is 13.6. The molecular weight excluding hydrogens is 424 g/mol. The van der Waals surface area contributed by atoms with Gasteiger partial charge in [-0.15, -0.1) is 0 Å². The van der Waals surface area contributed by atoms with Crippen molar-refractivity contribution in [2.45, 2.75) is 57.7 Å². The van der Waals surface area contributed by atoms with Gasteiger partial charge in [0.2, 0.25) is 17.7 Å². The van der Waals surface area contributed by atoms with Gasteiger partial charge < -0.3 is 36.9 Å². The number of aromatic amines is 1. The number of imidazole rings is 1. The highest BCUT2D eigenvalue weighted by molar-refractivity contribution is 5.93. The van der Waals surface area contributed by atoms with Gasteiger partial charge in [-0.1, -0.05) is 13.8 Å². The number of carboxylic acids is 2. The van der Waals surface area contributed by atoms with Crippen LogP contribution in [0.15, 0.2) is 12.5 Å². The molecule has 13 heteroatoms. The Morgan fingerprint density at radius 2 is 1.66 bits per heavy atom. The average Bonchev–Trinajstić information content (AvgIpc) is 3.22. The molecule has 0 bridgehead atoms. The lowest BCUT2D eigenvalue weighted by Crippen LogP contribution is -2.56. The van der Waals surface area contributed by atoms with Crippen molar-refractivity contribution in [3.8, 4) is 0 Å². The van der Waals surface area contributed by atoms with Crippen LogP contribution in [0.3, 0.4) is 0 Å². The predicted octanol–water partition coefficient (Wildman–Crippen LogP) is -1.64. The van der Waals surface area contributed by atoms with Gasteiger partial charge in [0.25, 0.3) is 0 Å². The second-order valence-electron chi connectivity index (χ2n) is 7.63. The molecule has 0 saturated carbocycles. The summed E-state index contributed by atoms with van der Waals surface area (Å²) in [5, 5.41) is 25.6. The minimum Gasteiger partial charge on any atom is -0.481 e. The summed E-state index contributed by atoms with van der Waals surface area (Å²) in [6.45, 7) is 3.32. The number of carboxylic acid groups (broad SMARTS) is 2. The summed E-state index contributed by atoms with van der Waals surface area (Å²) in [5.41, 5.74) is 5.75. The first-order valence-electron chi connectivity index (χ1n) is 10.1. The number of hydrogen-bond donors (Lipinski definition) is 7. The highest BCUT2D eigenvalue weighted by Gasteiger charge is 2.30. The minimum absolute atomic E-state index is 0.0147. The van der Waals surface area contributed by atoms with Gasteiger partial charge in [0.15, 0.2) is 0 Å². The lowest BCUT2D eigenvalue weighted by Gasteiger charge is -2.25. The molecule has 0 saturated heterocycles. The van der Waals surface area contributed by atoms with Crippen LogP contribution in [0.5, 0.6) is 0 Å². The van der Waals surface area contributed by atoms with Crippen molar-refractivity contribution in [3.05, 3.63) is 18.2 Å². The van der Waals surface area contributed by atoms with Crippen LogP contribution in [0.4, 0.5) is 0 Å². The number of nitrogens with one attached hydrogen (secondary N) is 4. The number of amides is 3. The van der Waals surface area contributed by atoms with Gasteiger partial charge >= 0.3 is 11.9 Å². The van der Waals surface area contributed by atoms with Crippen molar-refractivity contribution in [1.29, 1.82) is 0 Å². The quantitative estimate of drug-likeness (QED) is 0.171. The van der Waals surface area contributed by atoms with Crippen molar-refractivity contribution < 1.29 is 34.2 Å². The topological polar surface area (TPSA) is 217 Å². The summed E-state index contributed by atoms with van der Waals surface area (Å²) in [4.78, 5) is 66.2. The first kappa shape index (κ1) is 26.6. The van der Waals surface area contributed by atoms with Crippen LogP contribution in [-0.4, -0.2) is 74.5 Å². The molecule has 0 fully saturated rings. The van der Waals surface area contributed by atoms with Gasteiger partial charge in [-0.05, 0) is 18.8 Å². The van der Waals surface area contributed by atoms with Crippen LogP contribution in [0, 0.1) is 5.92 Å². The molecular formula is C19H30N6O7. The van der Waals surface area contributed by atoms with E-state index in [-0.39, 0.29) is 31.7 Å². The number of carbonyl (C=O) groups is 5. The van der Waals surface area contributed by atoms with Gasteiger partial charge in [-0.2, -0.15) is 0 Å². The zero-order valence-electron chi connectivity index (χ0n) is 18.0. The monoisotopic (exact) mass is 454 g/mol. The Kier molecular flexibility index (Phi) is 10.8. The Balaban J connectivity index is 2.96. The van der Waals surface area contributed by atoms with E-state index in [9.17, 15) is 29.1 Å². The van der Waals surface area contributed by atoms with Gasteiger partial charge in [0.1, 0.15) is 18.1 Å². The molecule has 3 atom stereocenters. The van der Waals surface area contributed by atoms with Crippen molar-refractivity contribution in [2.75, 3.05) is 6.54 Å². The Morgan fingerprint density at radius 3 is 2.16 bits per heavy atom. The summed E-state index contributed by atoms with van der Waals surface area (Å²) in [5.74, 6) is -4.63.